The van der Waals surface area contributed by atoms with E-state index in [4.69, 9.17) is 0 Å². The van der Waals surface area contributed by atoms with Crippen LogP contribution < -0.4 is 10.6 Å². The standard InChI is InChI=1S/C22H21N3O3/c1-16(22(26)24-19-14-8-9-15-20(19)25(27)28)23-21(17-10-4-2-5-11-17)18-12-6-3-7-13-18/h2-16,21,23H,1H3,(H,24,26). The largest absolute Gasteiger partial charge is 0.319 e. The first kappa shape index (κ1) is 19.3. The monoisotopic (exact) mass is 375 g/mol. The van der Waals surface area contributed by atoms with E-state index in [0.717, 1.165) is 11.1 Å². The molecule has 0 aromatic heterocycles. The molecule has 0 heterocycles. The number of hydrogen-bond acceptors (Lipinski definition) is 4. The minimum atomic E-state index is -0.578. The number of para-hydroxylation sites is 2. The highest BCUT2D eigenvalue weighted by Crippen LogP contribution is 2.25. The summed E-state index contributed by atoms with van der Waals surface area (Å²) in [5.41, 5.74) is 2.10. The summed E-state index contributed by atoms with van der Waals surface area (Å²) >= 11 is 0. The number of nitro groups is 1. The lowest BCUT2D eigenvalue weighted by atomic mass is 9.98. The molecule has 0 fully saturated rings. The minimum absolute atomic E-state index is 0.134. The number of nitrogens with zero attached hydrogens (tertiary/aromatic N) is 1. The van der Waals surface area contributed by atoms with Crippen LogP contribution in [0.15, 0.2) is 84.9 Å². The van der Waals surface area contributed by atoms with E-state index in [9.17, 15) is 14.9 Å². The van der Waals surface area contributed by atoms with Gasteiger partial charge in [0.05, 0.1) is 17.0 Å². The topological polar surface area (TPSA) is 84.3 Å². The van der Waals surface area contributed by atoms with Crippen LogP contribution in [-0.4, -0.2) is 16.9 Å². The zero-order chi connectivity index (χ0) is 19.9. The van der Waals surface area contributed by atoms with Crippen LogP contribution in [0.5, 0.6) is 0 Å². The van der Waals surface area contributed by atoms with Gasteiger partial charge < -0.3 is 5.32 Å². The SMILES string of the molecule is CC(NC(c1ccccc1)c1ccccc1)C(=O)Nc1ccccc1[N+](=O)[O-]. The lowest BCUT2D eigenvalue weighted by molar-refractivity contribution is -0.383. The number of nitro benzene ring substituents is 1. The third-order valence-electron chi connectivity index (χ3n) is 4.43. The Morgan fingerprint density at radius 1 is 0.857 bits per heavy atom. The van der Waals surface area contributed by atoms with Gasteiger partial charge >= 0.3 is 0 Å². The van der Waals surface area contributed by atoms with Crippen molar-refractivity contribution in [3.8, 4) is 0 Å². The molecule has 1 atom stereocenters. The molecule has 6 heteroatoms. The van der Waals surface area contributed by atoms with E-state index in [0.29, 0.717) is 0 Å². The van der Waals surface area contributed by atoms with Crippen LogP contribution in [0.25, 0.3) is 0 Å². The second-order valence-electron chi connectivity index (χ2n) is 6.41. The molecule has 2 N–H and O–H groups in total. The zero-order valence-corrected chi connectivity index (χ0v) is 15.4. The summed E-state index contributed by atoms with van der Waals surface area (Å²) in [5, 5.41) is 17.2. The summed E-state index contributed by atoms with van der Waals surface area (Å²) in [6.45, 7) is 1.74. The van der Waals surface area contributed by atoms with Crippen molar-refractivity contribution in [2.24, 2.45) is 0 Å². The number of benzene rings is 3. The number of hydrogen-bond donors (Lipinski definition) is 2. The average Bonchev–Trinajstić information content (AvgIpc) is 2.73. The van der Waals surface area contributed by atoms with Crippen LogP contribution in [-0.2, 0) is 4.79 Å². The molecule has 3 rings (SSSR count). The number of carbonyl (C=O) groups excluding carboxylic acids is 1. The van der Waals surface area contributed by atoms with Gasteiger partial charge in [-0.15, -0.1) is 0 Å². The van der Waals surface area contributed by atoms with Gasteiger partial charge in [-0.1, -0.05) is 72.8 Å². The maximum Gasteiger partial charge on any atom is 0.292 e. The predicted octanol–water partition coefficient (Wildman–Crippen LogP) is 4.30. The second-order valence-corrected chi connectivity index (χ2v) is 6.41. The normalized spacial score (nSPS) is 11.8. The van der Waals surface area contributed by atoms with Crippen LogP contribution in [0.4, 0.5) is 11.4 Å². The van der Waals surface area contributed by atoms with Gasteiger partial charge in [-0.2, -0.15) is 0 Å². The van der Waals surface area contributed by atoms with Crippen molar-refractivity contribution < 1.29 is 9.72 Å². The predicted molar refractivity (Wildman–Crippen MR) is 109 cm³/mol. The highest BCUT2D eigenvalue weighted by Gasteiger charge is 2.22. The van der Waals surface area contributed by atoms with Gasteiger partial charge in [0.1, 0.15) is 5.69 Å². The van der Waals surface area contributed by atoms with Crippen molar-refractivity contribution in [1.29, 1.82) is 0 Å². The molecule has 0 saturated heterocycles. The number of amides is 1. The lowest BCUT2D eigenvalue weighted by Crippen LogP contribution is -2.40. The zero-order valence-electron chi connectivity index (χ0n) is 15.4. The van der Waals surface area contributed by atoms with Crippen molar-refractivity contribution in [3.05, 3.63) is 106 Å². The van der Waals surface area contributed by atoms with Crippen LogP contribution in [0.1, 0.15) is 24.1 Å². The fraction of sp³-hybridized carbons (Fsp3) is 0.136. The smallest absolute Gasteiger partial charge is 0.292 e. The van der Waals surface area contributed by atoms with E-state index in [1.807, 2.05) is 60.7 Å². The van der Waals surface area contributed by atoms with Gasteiger partial charge in [0.2, 0.25) is 5.91 Å². The molecular formula is C22H21N3O3. The van der Waals surface area contributed by atoms with Crippen LogP contribution >= 0.6 is 0 Å². The highest BCUT2D eigenvalue weighted by molar-refractivity contribution is 5.96. The maximum absolute atomic E-state index is 12.7. The minimum Gasteiger partial charge on any atom is -0.319 e. The highest BCUT2D eigenvalue weighted by atomic mass is 16.6. The molecule has 0 aliphatic carbocycles. The molecule has 0 radical (unpaired) electrons. The third kappa shape index (κ3) is 4.61. The molecule has 3 aromatic rings. The molecule has 142 valence electrons. The second kappa shape index (κ2) is 8.92. The Balaban J connectivity index is 1.80. The van der Waals surface area contributed by atoms with Gasteiger partial charge in [-0.3, -0.25) is 20.2 Å². The Morgan fingerprint density at radius 3 is 1.89 bits per heavy atom. The number of nitrogens with one attached hydrogen (secondary N) is 2. The third-order valence-corrected chi connectivity index (χ3v) is 4.43. The molecule has 0 bridgehead atoms. The lowest BCUT2D eigenvalue weighted by Gasteiger charge is -2.24. The summed E-state index contributed by atoms with van der Waals surface area (Å²) in [7, 11) is 0. The Bertz CT molecular complexity index is 906. The molecule has 3 aromatic carbocycles. The summed E-state index contributed by atoms with van der Waals surface area (Å²) in [4.78, 5) is 23.3. The first-order valence-corrected chi connectivity index (χ1v) is 8.96. The number of carbonyl (C=O) groups is 1. The van der Waals surface area contributed by atoms with Crippen molar-refractivity contribution in [2.75, 3.05) is 5.32 Å². The fourth-order valence-electron chi connectivity index (χ4n) is 2.98. The Kier molecular flexibility index (Phi) is 6.14. The van der Waals surface area contributed by atoms with Gasteiger partial charge in [0, 0.05) is 6.07 Å². The van der Waals surface area contributed by atoms with Gasteiger partial charge in [0.15, 0.2) is 0 Å². The fourth-order valence-corrected chi connectivity index (χ4v) is 2.98. The molecule has 28 heavy (non-hydrogen) atoms. The molecule has 0 aliphatic heterocycles. The Morgan fingerprint density at radius 2 is 1.36 bits per heavy atom. The van der Waals surface area contributed by atoms with Crippen LogP contribution in [0, 0.1) is 10.1 Å². The van der Waals surface area contributed by atoms with E-state index in [-0.39, 0.29) is 23.3 Å². The maximum atomic E-state index is 12.7. The first-order valence-electron chi connectivity index (χ1n) is 8.96. The van der Waals surface area contributed by atoms with E-state index >= 15 is 0 Å². The van der Waals surface area contributed by atoms with Gasteiger partial charge in [-0.25, -0.2) is 0 Å². The summed E-state index contributed by atoms with van der Waals surface area (Å²) < 4.78 is 0. The molecular weight excluding hydrogens is 354 g/mol. The van der Waals surface area contributed by atoms with Gasteiger partial charge in [-0.05, 0) is 24.1 Å². The van der Waals surface area contributed by atoms with E-state index in [1.165, 1.54) is 12.1 Å². The summed E-state index contributed by atoms with van der Waals surface area (Å²) in [6, 6.07) is 25.0. The number of rotatable bonds is 7. The Hall–Kier alpha value is -3.51. The number of anilines is 1. The summed E-state index contributed by atoms with van der Waals surface area (Å²) in [5.74, 6) is -0.342. The van der Waals surface area contributed by atoms with Crippen LogP contribution in [0.3, 0.4) is 0 Å². The molecule has 0 spiro atoms. The van der Waals surface area contributed by atoms with Crippen molar-refractivity contribution in [1.82, 2.24) is 5.32 Å². The summed E-state index contributed by atoms with van der Waals surface area (Å²) in [6.07, 6.45) is 0. The van der Waals surface area contributed by atoms with Crippen molar-refractivity contribution in [2.45, 2.75) is 19.0 Å². The molecule has 0 saturated carbocycles. The van der Waals surface area contributed by atoms with E-state index in [2.05, 4.69) is 10.6 Å². The van der Waals surface area contributed by atoms with Crippen molar-refractivity contribution >= 4 is 17.3 Å². The molecule has 1 amide bonds. The Labute approximate surface area is 163 Å². The van der Waals surface area contributed by atoms with E-state index < -0.39 is 11.0 Å². The molecule has 6 nitrogen and oxygen atoms in total. The molecule has 0 aliphatic rings. The average molecular weight is 375 g/mol. The van der Waals surface area contributed by atoms with Gasteiger partial charge in [0.25, 0.3) is 5.69 Å². The van der Waals surface area contributed by atoms with E-state index in [1.54, 1.807) is 19.1 Å². The van der Waals surface area contributed by atoms with Crippen molar-refractivity contribution in [3.63, 3.8) is 0 Å². The molecule has 1 unspecified atom stereocenters. The van der Waals surface area contributed by atoms with Crippen LogP contribution in [0.2, 0.25) is 0 Å². The first-order chi connectivity index (χ1) is 13.6. The quantitative estimate of drug-likeness (QED) is 0.476.